The third-order valence-electron chi connectivity index (χ3n) is 3.66. The molecule has 3 N–H and O–H groups in total. The lowest BCUT2D eigenvalue weighted by Crippen LogP contribution is -2.43. The Labute approximate surface area is 113 Å². The van der Waals surface area contributed by atoms with Gasteiger partial charge in [-0.25, -0.2) is 17.5 Å². The molecule has 0 saturated heterocycles. The first-order valence-electron chi connectivity index (χ1n) is 6.39. The molecular formula is C13H19FN2O2S. The highest BCUT2D eigenvalue weighted by Gasteiger charge is 2.34. The molecule has 4 nitrogen and oxygen atoms in total. The smallest absolute Gasteiger partial charge is 0.241 e. The van der Waals surface area contributed by atoms with Crippen molar-refractivity contribution < 1.29 is 12.8 Å². The molecule has 1 aromatic rings. The van der Waals surface area contributed by atoms with E-state index in [9.17, 15) is 12.8 Å². The van der Waals surface area contributed by atoms with E-state index in [1.807, 2.05) is 6.92 Å². The van der Waals surface area contributed by atoms with E-state index in [1.165, 1.54) is 18.2 Å². The van der Waals surface area contributed by atoms with E-state index < -0.39 is 21.4 Å². The second-order valence-corrected chi connectivity index (χ2v) is 6.94. The van der Waals surface area contributed by atoms with Gasteiger partial charge in [0.05, 0.1) is 4.90 Å². The lowest BCUT2D eigenvalue weighted by molar-refractivity contribution is 0.427. The second-order valence-electron chi connectivity index (χ2n) is 5.29. The molecule has 1 aromatic carbocycles. The SMILES string of the molecule is CC1(NS(=O)(=O)c2cccc(F)c2CN)CCCC1. The summed E-state index contributed by atoms with van der Waals surface area (Å²) in [6, 6.07) is 4.00. The normalized spacial score (nSPS) is 18.7. The van der Waals surface area contributed by atoms with Gasteiger partial charge in [-0.3, -0.25) is 0 Å². The molecule has 0 atom stereocenters. The van der Waals surface area contributed by atoms with Gasteiger partial charge in [-0.1, -0.05) is 18.9 Å². The minimum atomic E-state index is -3.74. The first-order valence-corrected chi connectivity index (χ1v) is 7.88. The number of sulfonamides is 1. The zero-order valence-electron chi connectivity index (χ0n) is 10.9. The summed E-state index contributed by atoms with van der Waals surface area (Å²) >= 11 is 0. The van der Waals surface area contributed by atoms with Crippen molar-refractivity contribution in [1.82, 2.24) is 4.72 Å². The zero-order valence-corrected chi connectivity index (χ0v) is 11.8. The number of nitrogens with one attached hydrogen (secondary N) is 1. The number of rotatable bonds is 4. The summed E-state index contributed by atoms with van der Waals surface area (Å²) in [5.74, 6) is -0.582. The molecule has 0 radical (unpaired) electrons. The van der Waals surface area contributed by atoms with Crippen molar-refractivity contribution >= 4 is 10.0 Å². The largest absolute Gasteiger partial charge is 0.326 e. The summed E-state index contributed by atoms with van der Waals surface area (Å²) in [6.45, 7) is 1.75. The first kappa shape index (κ1) is 14.4. The number of hydrogen-bond donors (Lipinski definition) is 2. The van der Waals surface area contributed by atoms with Crippen LogP contribution in [0.25, 0.3) is 0 Å². The third kappa shape index (κ3) is 2.96. The third-order valence-corrected chi connectivity index (χ3v) is 5.38. The van der Waals surface area contributed by atoms with Crippen LogP contribution in [0.1, 0.15) is 38.2 Å². The quantitative estimate of drug-likeness (QED) is 0.888. The fourth-order valence-corrected chi connectivity index (χ4v) is 4.35. The van der Waals surface area contributed by atoms with Crippen LogP contribution in [0.2, 0.25) is 0 Å². The standard InChI is InChI=1S/C13H19FN2O2S/c1-13(7-2-3-8-13)16-19(17,18)12-6-4-5-11(14)10(12)9-15/h4-6,16H,2-3,7-9,15H2,1H3. The van der Waals surface area contributed by atoms with Gasteiger partial charge in [0.25, 0.3) is 0 Å². The maximum atomic E-state index is 13.6. The monoisotopic (exact) mass is 286 g/mol. The Kier molecular flexibility index (Phi) is 3.94. The van der Waals surface area contributed by atoms with Crippen LogP contribution in [0.3, 0.4) is 0 Å². The van der Waals surface area contributed by atoms with Crippen LogP contribution in [0.4, 0.5) is 4.39 Å². The van der Waals surface area contributed by atoms with Gasteiger partial charge in [-0.15, -0.1) is 0 Å². The van der Waals surface area contributed by atoms with Crippen molar-refractivity contribution in [3.05, 3.63) is 29.6 Å². The molecule has 2 rings (SSSR count). The number of benzene rings is 1. The predicted octanol–water partition coefficient (Wildman–Crippen LogP) is 1.90. The second kappa shape index (κ2) is 5.19. The van der Waals surface area contributed by atoms with Crippen molar-refractivity contribution in [2.45, 2.75) is 49.6 Å². The Bertz CT molecular complexity index is 566. The summed E-state index contributed by atoms with van der Waals surface area (Å²) in [7, 11) is -3.74. The fourth-order valence-electron chi connectivity index (χ4n) is 2.63. The van der Waals surface area contributed by atoms with Crippen molar-refractivity contribution in [3.8, 4) is 0 Å². The molecule has 0 aliphatic heterocycles. The van der Waals surface area contributed by atoms with E-state index in [0.29, 0.717) is 0 Å². The van der Waals surface area contributed by atoms with Crippen LogP contribution >= 0.6 is 0 Å². The molecule has 0 bridgehead atoms. The lowest BCUT2D eigenvalue weighted by atomic mass is 10.0. The summed E-state index contributed by atoms with van der Waals surface area (Å²) < 4.78 is 41.1. The molecule has 0 unspecified atom stereocenters. The van der Waals surface area contributed by atoms with Crippen LogP contribution in [0.5, 0.6) is 0 Å². The molecule has 0 spiro atoms. The van der Waals surface area contributed by atoms with Gasteiger partial charge in [0.15, 0.2) is 0 Å². The van der Waals surface area contributed by atoms with Crippen LogP contribution in [-0.4, -0.2) is 14.0 Å². The van der Waals surface area contributed by atoms with E-state index in [-0.39, 0.29) is 17.0 Å². The minimum Gasteiger partial charge on any atom is -0.326 e. The van der Waals surface area contributed by atoms with Crippen molar-refractivity contribution in [3.63, 3.8) is 0 Å². The maximum absolute atomic E-state index is 13.6. The lowest BCUT2D eigenvalue weighted by Gasteiger charge is -2.25. The Balaban J connectivity index is 2.37. The molecule has 106 valence electrons. The zero-order chi connectivity index (χ0) is 14.1. The van der Waals surface area contributed by atoms with Crippen molar-refractivity contribution in [2.75, 3.05) is 0 Å². The van der Waals surface area contributed by atoms with Gasteiger partial charge < -0.3 is 5.73 Å². The number of hydrogen-bond acceptors (Lipinski definition) is 3. The van der Waals surface area contributed by atoms with E-state index in [1.54, 1.807) is 0 Å². The highest BCUT2D eigenvalue weighted by atomic mass is 32.2. The fraction of sp³-hybridized carbons (Fsp3) is 0.538. The van der Waals surface area contributed by atoms with Gasteiger partial charge in [-0.2, -0.15) is 0 Å². The predicted molar refractivity (Wildman–Crippen MR) is 71.5 cm³/mol. The van der Waals surface area contributed by atoms with Crippen LogP contribution < -0.4 is 10.5 Å². The molecular weight excluding hydrogens is 267 g/mol. The van der Waals surface area contributed by atoms with Gasteiger partial charge in [-0.05, 0) is 31.9 Å². The van der Waals surface area contributed by atoms with Crippen LogP contribution in [-0.2, 0) is 16.6 Å². The molecule has 6 heteroatoms. The summed E-state index contributed by atoms with van der Waals surface area (Å²) in [5.41, 5.74) is 5.06. The van der Waals surface area contributed by atoms with E-state index in [4.69, 9.17) is 5.73 Å². The van der Waals surface area contributed by atoms with Gasteiger partial charge in [0.1, 0.15) is 5.82 Å². The molecule has 1 aliphatic rings. The average Bonchev–Trinajstić information content (AvgIpc) is 2.74. The van der Waals surface area contributed by atoms with E-state index in [2.05, 4.69) is 4.72 Å². The van der Waals surface area contributed by atoms with Crippen molar-refractivity contribution in [1.29, 1.82) is 0 Å². The van der Waals surface area contributed by atoms with Crippen LogP contribution in [0.15, 0.2) is 23.1 Å². The Morgan fingerprint density at radius 1 is 1.37 bits per heavy atom. The molecule has 1 aliphatic carbocycles. The molecule has 0 amide bonds. The molecule has 19 heavy (non-hydrogen) atoms. The Hall–Kier alpha value is -0.980. The minimum absolute atomic E-state index is 0.0385. The first-order chi connectivity index (χ1) is 8.88. The van der Waals surface area contributed by atoms with Crippen LogP contribution in [0, 0.1) is 5.82 Å². The molecule has 0 heterocycles. The van der Waals surface area contributed by atoms with Gasteiger partial charge in [0, 0.05) is 17.6 Å². The topological polar surface area (TPSA) is 72.2 Å². The Morgan fingerprint density at radius 2 is 2.00 bits per heavy atom. The van der Waals surface area contributed by atoms with E-state index >= 15 is 0 Å². The number of nitrogens with two attached hydrogens (primary N) is 1. The Morgan fingerprint density at radius 3 is 2.58 bits per heavy atom. The van der Waals surface area contributed by atoms with E-state index in [0.717, 1.165) is 25.7 Å². The van der Waals surface area contributed by atoms with Gasteiger partial charge in [0.2, 0.25) is 10.0 Å². The maximum Gasteiger partial charge on any atom is 0.241 e. The van der Waals surface area contributed by atoms with Crippen molar-refractivity contribution in [2.24, 2.45) is 5.73 Å². The molecule has 0 aromatic heterocycles. The highest BCUT2D eigenvalue weighted by Crippen LogP contribution is 2.31. The molecule has 1 fully saturated rings. The van der Waals surface area contributed by atoms with Gasteiger partial charge >= 0.3 is 0 Å². The summed E-state index contributed by atoms with van der Waals surface area (Å²) in [6.07, 6.45) is 3.62. The summed E-state index contributed by atoms with van der Waals surface area (Å²) in [4.78, 5) is -0.0527. The number of halogens is 1. The summed E-state index contributed by atoms with van der Waals surface area (Å²) in [5, 5.41) is 0. The highest BCUT2D eigenvalue weighted by molar-refractivity contribution is 7.89. The average molecular weight is 286 g/mol. The molecule has 1 saturated carbocycles.